The maximum atomic E-state index is 14.3. The number of benzene rings is 1. The SMILES string of the molecule is CCCCCCC(C)C(=O)c1ccc(CCCC([O])CCC)cc1F. The van der Waals surface area contributed by atoms with E-state index in [2.05, 4.69) is 6.92 Å². The lowest BCUT2D eigenvalue weighted by Gasteiger charge is -2.12. The molecular formula is C22H34FO2. The molecule has 1 rings (SSSR count). The van der Waals surface area contributed by atoms with Gasteiger partial charge in [0.1, 0.15) is 5.82 Å². The third-order valence-electron chi connectivity index (χ3n) is 4.84. The van der Waals surface area contributed by atoms with Crippen molar-refractivity contribution < 1.29 is 14.3 Å². The first kappa shape index (κ1) is 21.8. The Hall–Kier alpha value is -1.22. The van der Waals surface area contributed by atoms with Crippen LogP contribution in [0.1, 0.15) is 94.5 Å². The first-order chi connectivity index (χ1) is 12.0. The van der Waals surface area contributed by atoms with Crippen molar-refractivity contribution in [2.75, 3.05) is 0 Å². The highest BCUT2D eigenvalue weighted by molar-refractivity contribution is 5.97. The summed E-state index contributed by atoms with van der Waals surface area (Å²) in [4.78, 5) is 12.4. The minimum absolute atomic E-state index is 0.0943. The number of ketones is 1. The lowest BCUT2D eigenvalue weighted by molar-refractivity contribution is 0.0714. The number of carbonyl (C=O) groups is 1. The van der Waals surface area contributed by atoms with Gasteiger partial charge in [-0.1, -0.05) is 58.9 Å². The van der Waals surface area contributed by atoms with E-state index in [9.17, 15) is 14.3 Å². The molecule has 2 atom stereocenters. The lowest BCUT2D eigenvalue weighted by atomic mass is 9.92. The number of rotatable bonds is 13. The van der Waals surface area contributed by atoms with Gasteiger partial charge in [0.2, 0.25) is 0 Å². The fourth-order valence-electron chi connectivity index (χ4n) is 3.19. The highest BCUT2D eigenvalue weighted by Gasteiger charge is 2.18. The second-order valence-corrected chi connectivity index (χ2v) is 7.23. The van der Waals surface area contributed by atoms with E-state index in [0.717, 1.165) is 37.7 Å². The summed E-state index contributed by atoms with van der Waals surface area (Å²) in [6.45, 7) is 6.07. The molecule has 141 valence electrons. The van der Waals surface area contributed by atoms with Crippen LogP contribution >= 0.6 is 0 Å². The number of unbranched alkanes of at least 4 members (excludes halogenated alkanes) is 3. The summed E-state index contributed by atoms with van der Waals surface area (Å²) in [5, 5.41) is 11.6. The van der Waals surface area contributed by atoms with Gasteiger partial charge in [0.15, 0.2) is 5.78 Å². The van der Waals surface area contributed by atoms with Crippen molar-refractivity contribution in [3.8, 4) is 0 Å². The highest BCUT2D eigenvalue weighted by Crippen LogP contribution is 2.20. The van der Waals surface area contributed by atoms with Crippen LogP contribution in [0.3, 0.4) is 0 Å². The van der Waals surface area contributed by atoms with Gasteiger partial charge >= 0.3 is 0 Å². The van der Waals surface area contributed by atoms with Gasteiger partial charge in [-0.25, -0.2) is 9.50 Å². The van der Waals surface area contributed by atoms with Crippen molar-refractivity contribution in [3.63, 3.8) is 0 Å². The zero-order valence-electron chi connectivity index (χ0n) is 16.2. The molecule has 3 heteroatoms. The number of Topliss-reactive ketones (excluding diaryl/α,β-unsaturated/α-hetero) is 1. The molecule has 0 saturated heterocycles. The maximum absolute atomic E-state index is 14.3. The normalized spacial score (nSPS) is 13.6. The van der Waals surface area contributed by atoms with E-state index in [1.165, 1.54) is 18.9 Å². The number of hydrogen-bond donors (Lipinski definition) is 0. The van der Waals surface area contributed by atoms with Crippen molar-refractivity contribution in [2.45, 2.75) is 91.1 Å². The van der Waals surface area contributed by atoms with Gasteiger partial charge in [-0.15, -0.1) is 0 Å². The topological polar surface area (TPSA) is 37.0 Å². The molecule has 1 aromatic carbocycles. The Morgan fingerprint density at radius 3 is 2.40 bits per heavy atom. The second-order valence-electron chi connectivity index (χ2n) is 7.23. The molecule has 0 bridgehead atoms. The molecule has 0 fully saturated rings. The Bertz CT molecular complexity index is 513. The van der Waals surface area contributed by atoms with Gasteiger partial charge in [0, 0.05) is 5.92 Å². The lowest BCUT2D eigenvalue weighted by Crippen LogP contribution is -2.13. The van der Waals surface area contributed by atoms with Gasteiger partial charge in [-0.3, -0.25) is 4.79 Å². The van der Waals surface area contributed by atoms with Crippen LogP contribution in [0.5, 0.6) is 0 Å². The van der Waals surface area contributed by atoms with Crippen molar-refractivity contribution in [2.24, 2.45) is 5.92 Å². The average molecular weight is 350 g/mol. The Labute approximate surface area is 152 Å². The zero-order chi connectivity index (χ0) is 18.7. The molecule has 0 heterocycles. The van der Waals surface area contributed by atoms with Crippen LogP contribution in [0.2, 0.25) is 0 Å². The maximum Gasteiger partial charge on any atom is 0.168 e. The standard InChI is InChI=1S/C22H34FO2/c1-4-6-7-8-11-17(3)22(25)20-15-14-18(16-21(20)23)12-9-13-19(24)10-5-2/h14-17,19H,4-13H2,1-3H3. The number of halogens is 1. The van der Waals surface area contributed by atoms with Crippen molar-refractivity contribution in [3.05, 3.63) is 35.1 Å². The van der Waals surface area contributed by atoms with E-state index < -0.39 is 11.9 Å². The molecule has 0 aromatic heterocycles. The summed E-state index contributed by atoms with van der Waals surface area (Å²) < 4.78 is 14.3. The molecule has 0 aliphatic heterocycles. The smallest absolute Gasteiger partial charge is 0.168 e. The van der Waals surface area contributed by atoms with E-state index in [4.69, 9.17) is 0 Å². The monoisotopic (exact) mass is 349 g/mol. The van der Waals surface area contributed by atoms with Crippen molar-refractivity contribution in [1.82, 2.24) is 0 Å². The molecule has 0 N–H and O–H groups in total. The van der Waals surface area contributed by atoms with E-state index in [-0.39, 0.29) is 17.3 Å². The molecule has 2 nitrogen and oxygen atoms in total. The van der Waals surface area contributed by atoms with Crippen molar-refractivity contribution >= 4 is 5.78 Å². The fraction of sp³-hybridized carbons (Fsp3) is 0.682. The summed E-state index contributed by atoms with van der Waals surface area (Å²) in [7, 11) is 0. The number of aryl methyl sites for hydroxylation is 1. The van der Waals surface area contributed by atoms with Crippen LogP contribution in [-0.4, -0.2) is 11.9 Å². The molecule has 0 spiro atoms. The Morgan fingerprint density at radius 2 is 1.76 bits per heavy atom. The van der Waals surface area contributed by atoms with Gasteiger partial charge < -0.3 is 0 Å². The van der Waals surface area contributed by atoms with E-state index in [1.807, 2.05) is 19.9 Å². The van der Waals surface area contributed by atoms with E-state index >= 15 is 0 Å². The first-order valence-corrected chi connectivity index (χ1v) is 9.98. The molecule has 1 aromatic rings. The molecule has 25 heavy (non-hydrogen) atoms. The zero-order valence-corrected chi connectivity index (χ0v) is 16.2. The summed E-state index contributed by atoms with van der Waals surface area (Å²) in [6.07, 6.45) is 8.54. The van der Waals surface area contributed by atoms with Crippen molar-refractivity contribution in [1.29, 1.82) is 0 Å². The van der Waals surface area contributed by atoms with Gasteiger partial charge in [-0.2, -0.15) is 0 Å². The summed E-state index contributed by atoms with van der Waals surface area (Å²) >= 11 is 0. The molecule has 0 amide bonds. The summed E-state index contributed by atoms with van der Waals surface area (Å²) in [5.41, 5.74) is 1.08. The third kappa shape index (κ3) is 8.13. The quantitative estimate of drug-likeness (QED) is 0.294. The molecule has 0 aliphatic rings. The minimum Gasteiger partial charge on any atom is -0.294 e. The van der Waals surface area contributed by atoms with Crippen LogP contribution in [-0.2, 0) is 11.5 Å². The Balaban J connectivity index is 2.52. The first-order valence-electron chi connectivity index (χ1n) is 9.98. The van der Waals surface area contributed by atoms with Crippen LogP contribution < -0.4 is 0 Å². The Morgan fingerprint density at radius 1 is 1.00 bits per heavy atom. The largest absolute Gasteiger partial charge is 0.294 e. The third-order valence-corrected chi connectivity index (χ3v) is 4.84. The van der Waals surface area contributed by atoms with Crippen LogP contribution in [0.15, 0.2) is 18.2 Å². The number of hydrogen-bond acceptors (Lipinski definition) is 1. The highest BCUT2D eigenvalue weighted by atomic mass is 19.1. The number of carbonyl (C=O) groups excluding carboxylic acids is 1. The molecular weight excluding hydrogens is 315 g/mol. The average Bonchev–Trinajstić information content (AvgIpc) is 2.58. The van der Waals surface area contributed by atoms with E-state index in [0.29, 0.717) is 19.3 Å². The second kappa shape index (κ2) is 12.2. The molecule has 1 radical (unpaired) electrons. The minimum atomic E-state index is -0.510. The van der Waals surface area contributed by atoms with Gasteiger partial charge in [0.05, 0.1) is 11.7 Å². The van der Waals surface area contributed by atoms with Crippen LogP contribution in [0.4, 0.5) is 4.39 Å². The fourth-order valence-corrected chi connectivity index (χ4v) is 3.19. The predicted octanol–water partition coefficient (Wildman–Crippen LogP) is 6.54. The molecule has 2 unspecified atom stereocenters. The summed E-state index contributed by atoms with van der Waals surface area (Å²) in [6, 6.07) is 4.92. The van der Waals surface area contributed by atoms with Gasteiger partial charge in [0.25, 0.3) is 0 Å². The molecule has 0 saturated carbocycles. The Kier molecular flexibility index (Phi) is 10.6. The summed E-state index contributed by atoms with van der Waals surface area (Å²) in [5.74, 6) is -0.647. The van der Waals surface area contributed by atoms with Crippen LogP contribution in [0.25, 0.3) is 0 Å². The predicted molar refractivity (Wildman–Crippen MR) is 101 cm³/mol. The van der Waals surface area contributed by atoms with Gasteiger partial charge in [-0.05, 0) is 49.8 Å². The van der Waals surface area contributed by atoms with E-state index in [1.54, 1.807) is 6.07 Å². The molecule has 0 aliphatic carbocycles. The van der Waals surface area contributed by atoms with Crippen LogP contribution in [0, 0.1) is 11.7 Å².